The molecule has 128 valence electrons. The number of nitrogens with one attached hydrogen (secondary N) is 1. The van der Waals surface area contributed by atoms with Crippen molar-refractivity contribution >= 4 is 5.91 Å². The lowest BCUT2D eigenvalue weighted by atomic mass is 10.1. The summed E-state index contributed by atoms with van der Waals surface area (Å²) < 4.78 is 15.9. The van der Waals surface area contributed by atoms with E-state index in [1.54, 1.807) is 20.3 Å². The van der Waals surface area contributed by atoms with Crippen LogP contribution in [0.25, 0.3) is 0 Å². The van der Waals surface area contributed by atoms with Crippen molar-refractivity contribution in [2.45, 2.75) is 19.9 Å². The Morgan fingerprint density at radius 3 is 2.50 bits per heavy atom. The van der Waals surface area contributed by atoms with Gasteiger partial charge in [-0.15, -0.1) is 0 Å². The smallest absolute Gasteiger partial charge is 0.224 e. The van der Waals surface area contributed by atoms with Gasteiger partial charge in [-0.1, -0.05) is 18.2 Å². The summed E-state index contributed by atoms with van der Waals surface area (Å²) in [4.78, 5) is 12.1. The lowest BCUT2D eigenvalue weighted by Crippen LogP contribution is -2.24. The van der Waals surface area contributed by atoms with Crippen LogP contribution in [-0.4, -0.2) is 26.7 Å². The second-order valence-electron chi connectivity index (χ2n) is 5.22. The molecule has 0 aliphatic heterocycles. The van der Waals surface area contributed by atoms with Crippen molar-refractivity contribution in [3.63, 3.8) is 0 Å². The molecule has 0 saturated carbocycles. The standard InChI is InChI=1S/C19H23NO4/c1-4-24-16-7-5-6-15(10-16)13-20-19(21)12-14-8-9-17(22-2)18(11-14)23-3/h5-11H,4,12-13H2,1-3H3,(H,20,21). The van der Waals surface area contributed by atoms with Gasteiger partial charge >= 0.3 is 0 Å². The lowest BCUT2D eigenvalue weighted by Gasteiger charge is -2.10. The minimum Gasteiger partial charge on any atom is -0.494 e. The van der Waals surface area contributed by atoms with Crippen LogP contribution in [0.1, 0.15) is 18.1 Å². The van der Waals surface area contributed by atoms with Gasteiger partial charge < -0.3 is 19.5 Å². The van der Waals surface area contributed by atoms with Gasteiger partial charge in [0.1, 0.15) is 5.75 Å². The SMILES string of the molecule is CCOc1cccc(CNC(=O)Cc2ccc(OC)c(OC)c2)c1. The number of carbonyl (C=O) groups excluding carboxylic acids is 1. The van der Waals surface area contributed by atoms with Gasteiger partial charge in [0.25, 0.3) is 0 Å². The zero-order valence-corrected chi connectivity index (χ0v) is 14.3. The molecule has 1 N–H and O–H groups in total. The first-order chi connectivity index (χ1) is 11.7. The van der Waals surface area contributed by atoms with E-state index in [9.17, 15) is 4.79 Å². The highest BCUT2D eigenvalue weighted by Gasteiger charge is 2.08. The molecule has 2 rings (SSSR count). The molecule has 0 spiro atoms. The second kappa shape index (κ2) is 8.82. The molecule has 0 heterocycles. The quantitative estimate of drug-likeness (QED) is 0.809. The molecular weight excluding hydrogens is 306 g/mol. The topological polar surface area (TPSA) is 56.8 Å². The fraction of sp³-hybridized carbons (Fsp3) is 0.316. The zero-order chi connectivity index (χ0) is 17.4. The summed E-state index contributed by atoms with van der Waals surface area (Å²) in [6.07, 6.45) is 0.283. The molecule has 5 nitrogen and oxygen atoms in total. The summed E-state index contributed by atoms with van der Waals surface area (Å²) >= 11 is 0. The van der Waals surface area contributed by atoms with Gasteiger partial charge in [-0.05, 0) is 42.3 Å². The average Bonchev–Trinajstić information content (AvgIpc) is 2.60. The summed E-state index contributed by atoms with van der Waals surface area (Å²) in [5.74, 6) is 2.02. The Labute approximate surface area is 142 Å². The number of methoxy groups -OCH3 is 2. The van der Waals surface area contributed by atoms with Crippen LogP contribution in [0.4, 0.5) is 0 Å². The lowest BCUT2D eigenvalue weighted by molar-refractivity contribution is -0.120. The Bertz CT molecular complexity index is 685. The van der Waals surface area contributed by atoms with Gasteiger partial charge in [0, 0.05) is 6.54 Å². The number of carbonyl (C=O) groups is 1. The predicted molar refractivity (Wildman–Crippen MR) is 92.7 cm³/mol. The van der Waals surface area contributed by atoms with Gasteiger partial charge in [0.15, 0.2) is 11.5 Å². The van der Waals surface area contributed by atoms with Crippen molar-refractivity contribution in [3.8, 4) is 17.2 Å². The van der Waals surface area contributed by atoms with Crippen molar-refractivity contribution in [1.29, 1.82) is 0 Å². The number of hydrogen-bond donors (Lipinski definition) is 1. The highest BCUT2D eigenvalue weighted by atomic mass is 16.5. The van der Waals surface area contributed by atoms with Crippen LogP contribution in [0.2, 0.25) is 0 Å². The molecule has 5 heteroatoms. The summed E-state index contributed by atoms with van der Waals surface area (Å²) in [6, 6.07) is 13.2. The Kier molecular flexibility index (Phi) is 6.49. The molecule has 0 radical (unpaired) electrons. The monoisotopic (exact) mass is 329 g/mol. The van der Waals surface area contributed by atoms with Gasteiger partial charge in [-0.2, -0.15) is 0 Å². The van der Waals surface area contributed by atoms with E-state index in [2.05, 4.69) is 5.32 Å². The Hall–Kier alpha value is -2.69. The van der Waals surface area contributed by atoms with E-state index in [1.807, 2.05) is 43.3 Å². The normalized spacial score (nSPS) is 10.1. The van der Waals surface area contributed by atoms with E-state index >= 15 is 0 Å². The van der Waals surface area contributed by atoms with Gasteiger partial charge in [0.2, 0.25) is 5.91 Å². The maximum Gasteiger partial charge on any atom is 0.224 e. The fourth-order valence-corrected chi connectivity index (χ4v) is 2.35. The van der Waals surface area contributed by atoms with Crippen LogP contribution in [0, 0.1) is 0 Å². The van der Waals surface area contributed by atoms with Crippen LogP contribution in [0.3, 0.4) is 0 Å². The molecule has 0 fully saturated rings. The summed E-state index contributed by atoms with van der Waals surface area (Å²) in [5.41, 5.74) is 1.87. The summed E-state index contributed by atoms with van der Waals surface area (Å²) in [7, 11) is 3.16. The van der Waals surface area contributed by atoms with Crippen LogP contribution in [0.15, 0.2) is 42.5 Å². The van der Waals surface area contributed by atoms with Gasteiger partial charge in [0.05, 0.1) is 27.2 Å². The molecule has 2 aromatic carbocycles. The van der Waals surface area contributed by atoms with Crippen LogP contribution in [-0.2, 0) is 17.8 Å². The van der Waals surface area contributed by atoms with E-state index in [0.717, 1.165) is 16.9 Å². The molecule has 0 saturated heterocycles. The van der Waals surface area contributed by atoms with E-state index in [1.165, 1.54) is 0 Å². The molecule has 0 unspecified atom stereocenters. The number of hydrogen-bond acceptors (Lipinski definition) is 4. The molecule has 0 aliphatic rings. The third-order valence-corrected chi connectivity index (χ3v) is 3.51. The van der Waals surface area contributed by atoms with Crippen molar-refractivity contribution < 1.29 is 19.0 Å². The molecule has 0 aromatic heterocycles. The average molecular weight is 329 g/mol. The number of rotatable bonds is 8. The fourth-order valence-electron chi connectivity index (χ4n) is 2.35. The Morgan fingerprint density at radius 2 is 1.79 bits per heavy atom. The molecule has 0 aliphatic carbocycles. The molecule has 2 aromatic rings. The zero-order valence-electron chi connectivity index (χ0n) is 14.3. The predicted octanol–water partition coefficient (Wildman–Crippen LogP) is 2.96. The van der Waals surface area contributed by atoms with Crippen molar-refractivity contribution in [1.82, 2.24) is 5.32 Å². The number of ether oxygens (including phenoxy) is 3. The first-order valence-electron chi connectivity index (χ1n) is 7.85. The second-order valence-corrected chi connectivity index (χ2v) is 5.22. The molecule has 0 bridgehead atoms. The Balaban J connectivity index is 1.92. The largest absolute Gasteiger partial charge is 0.494 e. The molecule has 24 heavy (non-hydrogen) atoms. The van der Waals surface area contributed by atoms with Crippen LogP contribution in [0.5, 0.6) is 17.2 Å². The van der Waals surface area contributed by atoms with Crippen molar-refractivity contribution in [2.24, 2.45) is 0 Å². The Morgan fingerprint density at radius 1 is 1.00 bits per heavy atom. The first kappa shape index (κ1) is 17.7. The van der Waals surface area contributed by atoms with E-state index in [0.29, 0.717) is 24.7 Å². The minimum atomic E-state index is -0.0518. The first-order valence-corrected chi connectivity index (χ1v) is 7.85. The number of amides is 1. The van der Waals surface area contributed by atoms with Crippen LogP contribution < -0.4 is 19.5 Å². The van der Waals surface area contributed by atoms with Gasteiger partial charge in [-0.3, -0.25) is 4.79 Å². The maximum absolute atomic E-state index is 12.1. The third-order valence-electron chi connectivity index (χ3n) is 3.51. The van der Waals surface area contributed by atoms with E-state index in [-0.39, 0.29) is 12.3 Å². The van der Waals surface area contributed by atoms with Crippen LogP contribution >= 0.6 is 0 Å². The number of benzene rings is 2. The van der Waals surface area contributed by atoms with Crippen molar-refractivity contribution in [3.05, 3.63) is 53.6 Å². The highest BCUT2D eigenvalue weighted by molar-refractivity contribution is 5.78. The highest BCUT2D eigenvalue weighted by Crippen LogP contribution is 2.27. The summed E-state index contributed by atoms with van der Waals surface area (Å²) in [6.45, 7) is 3.03. The van der Waals surface area contributed by atoms with Crippen molar-refractivity contribution in [2.75, 3.05) is 20.8 Å². The maximum atomic E-state index is 12.1. The minimum absolute atomic E-state index is 0.0518. The molecular formula is C19H23NO4. The molecule has 1 amide bonds. The van der Waals surface area contributed by atoms with Gasteiger partial charge in [-0.25, -0.2) is 0 Å². The van der Waals surface area contributed by atoms with E-state index in [4.69, 9.17) is 14.2 Å². The third kappa shape index (κ3) is 4.91. The molecule has 0 atom stereocenters. The summed E-state index contributed by atoms with van der Waals surface area (Å²) in [5, 5.41) is 2.92. The van der Waals surface area contributed by atoms with E-state index < -0.39 is 0 Å².